The van der Waals surface area contributed by atoms with E-state index in [2.05, 4.69) is 22.2 Å². The highest BCUT2D eigenvalue weighted by atomic mass is 32.1. The van der Waals surface area contributed by atoms with Crippen molar-refractivity contribution in [3.8, 4) is 11.3 Å². The van der Waals surface area contributed by atoms with Gasteiger partial charge in [0.1, 0.15) is 11.5 Å². The first-order valence-corrected chi connectivity index (χ1v) is 13.1. The number of nitrogens with zero attached hydrogens (tertiary/aromatic N) is 3. The third-order valence-corrected chi connectivity index (χ3v) is 7.69. The fraction of sp³-hybridized carbons (Fsp3) is 0.333. The van der Waals surface area contributed by atoms with Gasteiger partial charge in [0.25, 0.3) is 0 Å². The second kappa shape index (κ2) is 11.4. The highest BCUT2D eigenvalue weighted by Crippen LogP contribution is 2.44. The van der Waals surface area contributed by atoms with Gasteiger partial charge in [-0.15, -0.1) is 8.78 Å². The molecule has 2 aromatic carbocycles. The number of aromatic nitrogens is 2. The molecule has 3 heterocycles. The molecule has 1 N–H and O–H groups in total. The average molecular weight is 542 g/mol. The van der Waals surface area contributed by atoms with E-state index in [0.29, 0.717) is 18.1 Å². The summed E-state index contributed by atoms with van der Waals surface area (Å²) in [5.41, 5.74) is 4.20. The molecular weight excluding hydrogens is 516 g/mol. The van der Waals surface area contributed by atoms with Crippen LogP contribution in [0.4, 0.5) is 18.7 Å². The van der Waals surface area contributed by atoms with Crippen molar-refractivity contribution in [2.45, 2.75) is 44.3 Å². The number of carbonyl (C=O) groups is 2. The van der Waals surface area contributed by atoms with Gasteiger partial charge in [-0.25, -0.2) is 14.6 Å². The van der Waals surface area contributed by atoms with Crippen molar-refractivity contribution in [3.05, 3.63) is 65.4 Å². The van der Waals surface area contributed by atoms with Gasteiger partial charge in [-0.05, 0) is 43.9 Å². The highest BCUT2D eigenvalue weighted by molar-refractivity contribution is 7.22. The van der Waals surface area contributed by atoms with Crippen LogP contribution in [-0.2, 0) is 11.3 Å². The number of aromatic carboxylic acids is 1. The van der Waals surface area contributed by atoms with Crippen LogP contribution in [0, 0.1) is 0 Å². The van der Waals surface area contributed by atoms with E-state index in [1.165, 1.54) is 0 Å². The average Bonchev–Trinajstić information content (AvgIpc) is 3.52. The summed E-state index contributed by atoms with van der Waals surface area (Å²) in [4.78, 5) is 26.4. The molecule has 1 saturated heterocycles. The van der Waals surface area contributed by atoms with Crippen LogP contribution in [0.25, 0.3) is 21.5 Å². The van der Waals surface area contributed by atoms with Gasteiger partial charge < -0.3 is 19.3 Å². The molecule has 1 saturated carbocycles. The Hall–Kier alpha value is -3.70. The Morgan fingerprint density at radius 1 is 1.08 bits per heavy atom. The van der Waals surface area contributed by atoms with Crippen molar-refractivity contribution in [3.63, 3.8) is 0 Å². The zero-order valence-corrected chi connectivity index (χ0v) is 21.1. The summed E-state index contributed by atoms with van der Waals surface area (Å²) >= 11 is 1.55. The first-order valence-electron chi connectivity index (χ1n) is 12.3. The normalized spacial score (nSPS) is 15.8. The molecule has 0 atom stereocenters. The van der Waals surface area contributed by atoms with Gasteiger partial charge in [-0.2, -0.15) is 0 Å². The molecule has 2 aromatic heterocycles. The Balaban J connectivity index is 0.000000689. The lowest BCUT2D eigenvalue weighted by molar-refractivity contribution is 0.0246. The lowest BCUT2D eigenvalue weighted by atomic mass is 10.0. The molecule has 198 valence electrons. The number of thiazole rings is 1. The van der Waals surface area contributed by atoms with Crippen LogP contribution in [0.1, 0.15) is 53.3 Å². The summed E-state index contributed by atoms with van der Waals surface area (Å²) in [7, 11) is 0. The Bertz CT molecular complexity index is 1430. The molecule has 0 unspecified atom stereocenters. The minimum absolute atomic E-state index is 0.176. The molecular formula is C27H25F2N3O5S. The number of anilines is 1. The van der Waals surface area contributed by atoms with Crippen molar-refractivity contribution in [2.24, 2.45) is 0 Å². The predicted molar refractivity (Wildman–Crippen MR) is 138 cm³/mol. The number of piperidine rings is 1. The zero-order chi connectivity index (χ0) is 26.6. The summed E-state index contributed by atoms with van der Waals surface area (Å²) in [6.07, 6.45) is 1.49. The second-order valence-electron chi connectivity index (χ2n) is 9.22. The number of carboxylic acid groups (broad SMARTS) is 1. The summed E-state index contributed by atoms with van der Waals surface area (Å²) in [5, 5.41) is 14.6. The van der Waals surface area contributed by atoms with E-state index >= 15 is 0 Å². The van der Waals surface area contributed by atoms with Crippen molar-refractivity contribution in [1.29, 1.82) is 0 Å². The largest absolute Gasteiger partial charge is 0.483 e. The number of benzene rings is 2. The quantitative estimate of drug-likeness (QED) is 0.256. The van der Waals surface area contributed by atoms with Crippen molar-refractivity contribution in [2.75, 3.05) is 18.0 Å². The number of carbonyl (C=O) groups excluding carboxylic acids is 1. The van der Waals surface area contributed by atoms with Crippen LogP contribution >= 0.6 is 11.3 Å². The highest BCUT2D eigenvalue weighted by Gasteiger charge is 2.33. The molecule has 1 aliphatic heterocycles. The maximum atomic E-state index is 11.2. The third-order valence-electron chi connectivity index (χ3n) is 6.61. The SMILES string of the molecule is O=C(F)F.O=C(O)c1ccc2nc(N3CCC(OCc4c(-c5ccccc5)noc4C4CC4)CC3)sc2c1. The fourth-order valence-electron chi connectivity index (χ4n) is 4.55. The molecule has 1 aliphatic carbocycles. The molecule has 2 aliphatic rings. The first kappa shape index (κ1) is 25.9. The molecule has 6 rings (SSSR count). The van der Waals surface area contributed by atoms with Crippen LogP contribution in [-0.4, -0.2) is 46.7 Å². The Kier molecular flexibility index (Phi) is 7.75. The van der Waals surface area contributed by atoms with Crippen molar-refractivity contribution >= 4 is 38.9 Å². The first-order chi connectivity index (χ1) is 18.4. The Labute approximate surface area is 220 Å². The zero-order valence-electron chi connectivity index (χ0n) is 20.3. The summed E-state index contributed by atoms with van der Waals surface area (Å²) in [6, 6.07) is 15.3. The molecule has 0 spiro atoms. The molecule has 2 fully saturated rings. The minimum Gasteiger partial charge on any atom is -0.478 e. The van der Waals surface area contributed by atoms with E-state index in [-0.39, 0.29) is 6.10 Å². The number of carboxylic acids is 1. The fourth-order valence-corrected chi connectivity index (χ4v) is 5.60. The molecule has 4 aromatic rings. The van der Waals surface area contributed by atoms with E-state index in [4.69, 9.17) is 19.0 Å². The van der Waals surface area contributed by atoms with Gasteiger partial charge in [0.2, 0.25) is 0 Å². The minimum atomic E-state index is -2.83. The molecule has 0 amide bonds. The maximum Gasteiger partial charge on any atom is 0.483 e. The summed E-state index contributed by atoms with van der Waals surface area (Å²) in [5.74, 6) is 0.556. The van der Waals surface area contributed by atoms with Crippen LogP contribution in [0.2, 0.25) is 0 Å². The molecule has 8 nitrogen and oxygen atoms in total. The third kappa shape index (κ3) is 6.05. The number of rotatable bonds is 7. The van der Waals surface area contributed by atoms with Crippen LogP contribution in [0.5, 0.6) is 0 Å². The lowest BCUT2D eigenvalue weighted by Gasteiger charge is -2.31. The van der Waals surface area contributed by atoms with Gasteiger partial charge in [-0.1, -0.05) is 46.8 Å². The van der Waals surface area contributed by atoms with Gasteiger partial charge in [-0.3, -0.25) is 0 Å². The summed E-state index contributed by atoms with van der Waals surface area (Å²) < 4.78 is 32.4. The van der Waals surface area contributed by atoms with Crippen LogP contribution in [0.15, 0.2) is 53.1 Å². The molecule has 11 heteroatoms. The summed E-state index contributed by atoms with van der Waals surface area (Å²) in [6.45, 7) is 2.24. The molecule has 38 heavy (non-hydrogen) atoms. The standard InChI is InChI=1S/C26H25N3O4S.CF2O/c30-25(31)18-8-9-21-22(14-18)34-26(27-21)29-12-10-19(11-13-29)32-15-20-23(16-4-2-1-3-5-16)28-33-24(20)17-6-7-17;2-1(3)4/h1-5,8-9,14,17,19H,6-7,10-13,15H2,(H,30,31);. The predicted octanol–water partition coefficient (Wildman–Crippen LogP) is 6.76. The van der Waals surface area contributed by atoms with Crippen molar-refractivity contribution < 1.29 is 32.7 Å². The molecule has 0 bridgehead atoms. The molecule has 0 radical (unpaired) electrons. The van der Waals surface area contributed by atoms with E-state index in [9.17, 15) is 18.7 Å². The van der Waals surface area contributed by atoms with E-state index in [0.717, 1.165) is 76.7 Å². The number of hydrogen-bond donors (Lipinski definition) is 1. The lowest BCUT2D eigenvalue weighted by Crippen LogP contribution is -2.36. The second-order valence-corrected chi connectivity index (χ2v) is 10.2. The Morgan fingerprint density at radius 3 is 2.45 bits per heavy atom. The Morgan fingerprint density at radius 2 is 1.79 bits per heavy atom. The number of fused-ring (bicyclic) bond motifs is 1. The van der Waals surface area contributed by atoms with Gasteiger partial charge >= 0.3 is 12.3 Å². The van der Waals surface area contributed by atoms with Gasteiger partial charge in [0, 0.05) is 30.1 Å². The van der Waals surface area contributed by atoms with E-state index in [1.54, 1.807) is 29.5 Å². The van der Waals surface area contributed by atoms with Gasteiger partial charge in [0.15, 0.2) is 5.13 Å². The monoisotopic (exact) mass is 541 g/mol. The number of ether oxygens (including phenoxy) is 1. The van der Waals surface area contributed by atoms with Crippen LogP contribution < -0.4 is 4.90 Å². The topological polar surface area (TPSA) is 106 Å². The number of hydrogen-bond acceptors (Lipinski definition) is 8. The number of halogens is 2. The van der Waals surface area contributed by atoms with Crippen LogP contribution in [0.3, 0.4) is 0 Å². The smallest absolute Gasteiger partial charge is 0.478 e. The van der Waals surface area contributed by atoms with Gasteiger partial charge in [0.05, 0.1) is 28.5 Å². The van der Waals surface area contributed by atoms with E-state index < -0.39 is 12.3 Å². The van der Waals surface area contributed by atoms with E-state index in [1.807, 2.05) is 18.2 Å². The maximum absolute atomic E-state index is 11.2. The van der Waals surface area contributed by atoms with Crippen molar-refractivity contribution in [1.82, 2.24) is 10.1 Å².